The Balaban J connectivity index is 1.34. The van der Waals surface area contributed by atoms with Crippen molar-refractivity contribution in [3.05, 3.63) is 76.6 Å². The average molecular weight is 420 g/mol. The Labute approximate surface area is 180 Å². The molecule has 0 unspecified atom stereocenters. The smallest absolute Gasteiger partial charge is 0.230 e. The predicted molar refractivity (Wildman–Crippen MR) is 121 cm³/mol. The minimum atomic E-state index is -0.0220. The summed E-state index contributed by atoms with van der Waals surface area (Å²) in [6, 6.07) is 16.3. The van der Waals surface area contributed by atoms with Crippen LogP contribution in [0.2, 0.25) is 0 Å². The van der Waals surface area contributed by atoms with E-state index in [9.17, 15) is 4.79 Å². The Morgan fingerprint density at radius 3 is 2.73 bits per heavy atom. The number of rotatable bonds is 7. The van der Waals surface area contributed by atoms with E-state index in [1.165, 1.54) is 22.9 Å². The second kappa shape index (κ2) is 8.75. The summed E-state index contributed by atoms with van der Waals surface area (Å²) in [5.74, 6) is 0.293. The molecule has 0 spiro atoms. The van der Waals surface area contributed by atoms with Gasteiger partial charge in [-0.1, -0.05) is 48.2 Å². The van der Waals surface area contributed by atoms with Gasteiger partial charge in [-0.25, -0.2) is 4.98 Å². The number of hydrogen-bond donors (Lipinski definition) is 2. The number of nitrogens with zero attached hydrogens (tertiary/aromatic N) is 3. The van der Waals surface area contributed by atoms with Gasteiger partial charge in [0.2, 0.25) is 5.91 Å². The van der Waals surface area contributed by atoms with Crippen LogP contribution in [0.1, 0.15) is 28.1 Å². The van der Waals surface area contributed by atoms with Crippen molar-refractivity contribution in [1.29, 1.82) is 0 Å². The van der Waals surface area contributed by atoms with Crippen LogP contribution < -0.4 is 5.32 Å². The van der Waals surface area contributed by atoms with Gasteiger partial charge in [0.15, 0.2) is 5.16 Å². The number of carbonyl (C=O) groups excluding carboxylic acids is 1. The molecule has 2 N–H and O–H groups in total. The standard InChI is InChI=1S/C23H25N5OS/c1-15-9-10-20-21(11-15)26-23(25-20)30-14-22(29)24-12-19-16(2)27-28(17(19)3)13-18-7-5-4-6-8-18/h4-11H,12-14H2,1-3H3,(H,24,29)(H,25,26). The summed E-state index contributed by atoms with van der Waals surface area (Å²) >= 11 is 1.41. The number of aromatic nitrogens is 4. The summed E-state index contributed by atoms with van der Waals surface area (Å²) in [5, 5.41) is 8.43. The molecule has 6 nitrogen and oxygen atoms in total. The molecule has 2 heterocycles. The molecule has 4 aromatic rings. The number of nitrogens with one attached hydrogen (secondary N) is 2. The lowest BCUT2D eigenvalue weighted by Crippen LogP contribution is -2.25. The molecule has 0 aliphatic rings. The number of fused-ring (bicyclic) bond motifs is 1. The summed E-state index contributed by atoms with van der Waals surface area (Å²) in [7, 11) is 0. The van der Waals surface area contributed by atoms with Gasteiger partial charge in [-0.05, 0) is 44.0 Å². The second-order valence-corrected chi connectivity index (χ2v) is 8.38. The maximum absolute atomic E-state index is 12.4. The highest BCUT2D eigenvalue weighted by molar-refractivity contribution is 7.99. The Hall–Kier alpha value is -3.06. The average Bonchev–Trinajstić information content (AvgIpc) is 3.25. The number of benzene rings is 2. The zero-order valence-electron chi connectivity index (χ0n) is 17.4. The van der Waals surface area contributed by atoms with Gasteiger partial charge in [0.1, 0.15) is 0 Å². The highest BCUT2D eigenvalue weighted by Gasteiger charge is 2.13. The van der Waals surface area contributed by atoms with Crippen LogP contribution in [0, 0.1) is 20.8 Å². The first-order valence-corrected chi connectivity index (χ1v) is 10.9. The molecular weight excluding hydrogens is 394 g/mol. The van der Waals surface area contributed by atoms with E-state index in [0.717, 1.165) is 39.7 Å². The van der Waals surface area contributed by atoms with Gasteiger partial charge < -0.3 is 10.3 Å². The SMILES string of the molecule is Cc1ccc2nc(SCC(=O)NCc3c(C)nn(Cc4ccccc4)c3C)[nH]c2c1. The minimum absolute atomic E-state index is 0.0220. The third-order valence-corrected chi connectivity index (χ3v) is 6.00. The van der Waals surface area contributed by atoms with Gasteiger partial charge in [0.05, 0.1) is 29.0 Å². The van der Waals surface area contributed by atoms with Crippen LogP contribution in [0.5, 0.6) is 0 Å². The van der Waals surface area contributed by atoms with E-state index < -0.39 is 0 Å². The first kappa shape index (κ1) is 20.2. The van der Waals surface area contributed by atoms with Gasteiger partial charge in [-0.2, -0.15) is 5.10 Å². The van der Waals surface area contributed by atoms with E-state index in [1.54, 1.807) is 0 Å². The molecule has 154 valence electrons. The molecule has 30 heavy (non-hydrogen) atoms. The number of aromatic amines is 1. The molecule has 0 fully saturated rings. The minimum Gasteiger partial charge on any atom is -0.351 e. The van der Waals surface area contributed by atoms with Crippen molar-refractivity contribution < 1.29 is 4.79 Å². The van der Waals surface area contributed by atoms with Crippen molar-refractivity contribution in [1.82, 2.24) is 25.1 Å². The van der Waals surface area contributed by atoms with E-state index in [1.807, 2.05) is 48.9 Å². The molecule has 0 bridgehead atoms. The Morgan fingerprint density at radius 2 is 1.93 bits per heavy atom. The highest BCUT2D eigenvalue weighted by atomic mass is 32.2. The summed E-state index contributed by atoms with van der Waals surface area (Å²) in [6.45, 7) is 7.29. The van der Waals surface area contributed by atoms with E-state index in [2.05, 4.69) is 45.5 Å². The first-order valence-electron chi connectivity index (χ1n) is 9.92. The van der Waals surface area contributed by atoms with Crippen LogP contribution in [0.15, 0.2) is 53.7 Å². The third kappa shape index (κ3) is 4.57. The second-order valence-electron chi connectivity index (χ2n) is 7.42. The molecule has 0 atom stereocenters. The maximum Gasteiger partial charge on any atom is 0.230 e. The van der Waals surface area contributed by atoms with Gasteiger partial charge >= 0.3 is 0 Å². The molecule has 0 saturated carbocycles. The molecule has 1 amide bonds. The van der Waals surface area contributed by atoms with Crippen LogP contribution in [-0.2, 0) is 17.9 Å². The van der Waals surface area contributed by atoms with E-state index in [4.69, 9.17) is 0 Å². The van der Waals surface area contributed by atoms with Crippen molar-refractivity contribution in [2.24, 2.45) is 0 Å². The lowest BCUT2D eigenvalue weighted by Gasteiger charge is -2.07. The Bertz CT molecular complexity index is 1180. The fraction of sp³-hybridized carbons (Fsp3) is 0.261. The number of H-pyrrole nitrogens is 1. The predicted octanol–water partition coefficient (Wildman–Crippen LogP) is 4.14. The lowest BCUT2D eigenvalue weighted by molar-refractivity contribution is -0.118. The summed E-state index contributed by atoms with van der Waals surface area (Å²) in [4.78, 5) is 20.2. The Kier molecular flexibility index (Phi) is 5.90. The van der Waals surface area contributed by atoms with Gasteiger partial charge in [0.25, 0.3) is 0 Å². The number of amides is 1. The lowest BCUT2D eigenvalue weighted by atomic mass is 10.2. The number of carbonyl (C=O) groups is 1. The third-order valence-electron chi connectivity index (χ3n) is 5.12. The van der Waals surface area contributed by atoms with Crippen LogP contribution in [0.4, 0.5) is 0 Å². The van der Waals surface area contributed by atoms with Gasteiger partial charge in [-0.3, -0.25) is 9.48 Å². The Morgan fingerprint density at radius 1 is 1.13 bits per heavy atom. The number of aryl methyl sites for hydroxylation is 2. The maximum atomic E-state index is 12.4. The van der Waals surface area contributed by atoms with Gasteiger partial charge in [0, 0.05) is 17.8 Å². The first-order chi connectivity index (χ1) is 14.5. The number of hydrogen-bond acceptors (Lipinski definition) is 4. The fourth-order valence-electron chi connectivity index (χ4n) is 3.44. The van der Waals surface area contributed by atoms with E-state index in [-0.39, 0.29) is 5.91 Å². The zero-order valence-corrected chi connectivity index (χ0v) is 18.2. The number of imidazole rings is 1. The van der Waals surface area contributed by atoms with Crippen LogP contribution in [-0.4, -0.2) is 31.4 Å². The monoisotopic (exact) mass is 419 g/mol. The fourth-order valence-corrected chi connectivity index (χ4v) is 4.16. The van der Waals surface area contributed by atoms with E-state index >= 15 is 0 Å². The van der Waals surface area contributed by atoms with E-state index in [0.29, 0.717) is 12.3 Å². The molecule has 0 aliphatic carbocycles. The van der Waals surface area contributed by atoms with Crippen molar-refractivity contribution in [2.75, 3.05) is 5.75 Å². The normalized spacial score (nSPS) is 11.2. The van der Waals surface area contributed by atoms with Crippen molar-refractivity contribution in [3.8, 4) is 0 Å². The molecule has 0 radical (unpaired) electrons. The van der Waals surface area contributed by atoms with Crippen LogP contribution in [0.25, 0.3) is 11.0 Å². The van der Waals surface area contributed by atoms with Crippen molar-refractivity contribution in [3.63, 3.8) is 0 Å². The molecule has 7 heteroatoms. The topological polar surface area (TPSA) is 75.6 Å². The summed E-state index contributed by atoms with van der Waals surface area (Å²) in [6.07, 6.45) is 0. The molecule has 4 rings (SSSR count). The summed E-state index contributed by atoms with van der Waals surface area (Å²) in [5.41, 5.74) is 7.40. The zero-order chi connectivity index (χ0) is 21.1. The highest BCUT2D eigenvalue weighted by Crippen LogP contribution is 2.20. The van der Waals surface area contributed by atoms with Crippen LogP contribution in [0.3, 0.4) is 0 Å². The summed E-state index contributed by atoms with van der Waals surface area (Å²) < 4.78 is 2.00. The number of thioether (sulfide) groups is 1. The van der Waals surface area contributed by atoms with Crippen LogP contribution >= 0.6 is 11.8 Å². The van der Waals surface area contributed by atoms with Gasteiger partial charge in [-0.15, -0.1) is 0 Å². The van der Waals surface area contributed by atoms with Crippen molar-refractivity contribution in [2.45, 2.75) is 39.0 Å². The van der Waals surface area contributed by atoms with Crippen molar-refractivity contribution >= 4 is 28.7 Å². The molecule has 2 aromatic carbocycles. The molecule has 0 saturated heterocycles. The quantitative estimate of drug-likeness (QED) is 0.442. The molecular formula is C23H25N5OS. The largest absolute Gasteiger partial charge is 0.351 e. The molecule has 2 aromatic heterocycles. The molecule has 0 aliphatic heterocycles.